The van der Waals surface area contributed by atoms with E-state index in [1.165, 1.54) is 18.5 Å². The first-order chi connectivity index (χ1) is 8.40. The molecular weight excluding hydrogens is 234 g/mol. The molecule has 2 atom stereocenters. The lowest BCUT2D eigenvalue weighted by Crippen LogP contribution is -2.49. The van der Waals surface area contributed by atoms with E-state index >= 15 is 0 Å². The van der Waals surface area contributed by atoms with E-state index in [1.54, 1.807) is 11.3 Å². The molecule has 0 aromatic carbocycles. The topological polar surface area (TPSA) is 37.4 Å². The molecule has 2 unspecified atom stereocenters. The largest absolute Gasteiger partial charge is 0.374 e. The molecule has 5 heteroatoms. The second-order valence-corrected chi connectivity index (χ2v) is 5.51. The summed E-state index contributed by atoms with van der Waals surface area (Å²) in [6.45, 7) is 2.79. The maximum Gasteiger partial charge on any atom is 0.0912 e. The van der Waals surface area contributed by atoms with Crippen LogP contribution in [0, 0.1) is 0 Å². The first-order valence-corrected chi connectivity index (χ1v) is 7.24. The van der Waals surface area contributed by atoms with Gasteiger partial charge in [0.05, 0.1) is 30.0 Å². The molecule has 1 aliphatic carbocycles. The molecule has 0 spiro atoms. The van der Waals surface area contributed by atoms with Crippen LogP contribution in [0.3, 0.4) is 0 Å². The second kappa shape index (κ2) is 5.02. The minimum Gasteiger partial charge on any atom is -0.374 e. The van der Waals surface area contributed by atoms with Gasteiger partial charge in [-0.25, -0.2) is 4.98 Å². The predicted molar refractivity (Wildman–Crippen MR) is 68.2 cm³/mol. The molecule has 17 heavy (non-hydrogen) atoms. The van der Waals surface area contributed by atoms with Gasteiger partial charge in [-0.1, -0.05) is 0 Å². The van der Waals surface area contributed by atoms with Gasteiger partial charge in [-0.05, 0) is 19.9 Å². The van der Waals surface area contributed by atoms with Crippen LogP contribution < -0.4 is 5.32 Å². The summed E-state index contributed by atoms with van der Waals surface area (Å²) in [5, 5.41) is 5.40. The Balaban J connectivity index is 1.83. The number of nitrogens with one attached hydrogen (secondary N) is 1. The number of morpholine rings is 1. The zero-order chi connectivity index (χ0) is 11.7. The minimum absolute atomic E-state index is 0.233. The number of thiazole rings is 1. The SMILES string of the molecule is CNCC1OCCN(C2CC2)C1c1cscn1. The summed E-state index contributed by atoms with van der Waals surface area (Å²) < 4.78 is 5.92. The monoisotopic (exact) mass is 253 g/mol. The van der Waals surface area contributed by atoms with Crippen molar-refractivity contribution in [1.82, 2.24) is 15.2 Å². The number of hydrogen-bond acceptors (Lipinski definition) is 5. The Morgan fingerprint density at radius 1 is 1.59 bits per heavy atom. The molecule has 2 heterocycles. The van der Waals surface area contributed by atoms with Crippen LogP contribution >= 0.6 is 11.3 Å². The van der Waals surface area contributed by atoms with Crippen LogP contribution in [0.4, 0.5) is 0 Å². The predicted octanol–water partition coefficient (Wildman–Crippen LogP) is 1.27. The molecule has 1 N–H and O–H groups in total. The van der Waals surface area contributed by atoms with Gasteiger partial charge in [0.25, 0.3) is 0 Å². The molecule has 0 bridgehead atoms. The van der Waals surface area contributed by atoms with Gasteiger partial charge < -0.3 is 10.1 Å². The average Bonchev–Trinajstić information content (AvgIpc) is 3.06. The number of nitrogens with zero attached hydrogens (tertiary/aromatic N) is 2. The number of likely N-dealkylation sites (N-methyl/N-ethyl adjacent to an activating group) is 1. The molecule has 1 aliphatic heterocycles. The summed E-state index contributed by atoms with van der Waals surface area (Å²) in [5.41, 5.74) is 3.10. The summed E-state index contributed by atoms with van der Waals surface area (Å²) >= 11 is 1.67. The Morgan fingerprint density at radius 2 is 2.47 bits per heavy atom. The third-order valence-corrected chi connectivity index (χ3v) is 4.17. The van der Waals surface area contributed by atoms with E-state index in [4.69, 9.17) is 4.74 Å². The van der Waals surface area contributed by atoms with Crippen molar-refractivity contribution in [3.8, 4) is 0 Å². The van der Waals surface area contributed by atoms with Crippen LogP contribution in [0.2, 0.25) is 0 Å². The molecule has 1 saturated heterocycles. The van der Waals surface area contributed by atoms with E-state index in [9.17, 15) is 0 Å². The van der Waals surface area contributed by atoms with Gasteiger partial charge in [-0.2, -0.15) is 0 Å². The third kappa shape index (κ3) is 2.38. The Kier molecular flexibility index (Phi) is 3.42. The molecule has 0 radical (unpaired) electrons. The van der Waals surface area contributed by atoms with Gasteiger partial charge in [-0.15, -0.1) is 11.3 Å². The van der Waals surface area contributed by atoms with Gasteiger partial charge in [0.1, 0.15) is 0 Å². The summed E-state index contributed by atoms with van der Waals surface area (Å²) in [6.07, 6.45) is 2.91. The van der Waals surface area contributed by atoms with Crippen molar-refractivity contribution in [3.05, 3.63) is 16.6 Å². The van der Waals surface area contributed by atoms with Gasteiger partial charge in [-0.3, -0.25) is 4.90 Å². The fraction of sp³-hybridized carbons (Fsp3) is 0.750. The summed E-state index contributed by atoms with van der Waals surface area (Å²) in [4.78, 5) is 7.10. The number of ether oxygens (including phenoxy) is 1. The van der Waals surface area contributed by atoms with Crippen molar-refractivity contribution in [1.29, 1.82) is 0 Å². The fourth-order valence-corrected chi connectivity index (χ4v) is 3.25. The maximum atomic E-state index is 5.92. The Morgan fingerprint density at radius 3 is 3.12 bits per heavy atom. The number of aromatic nitrogens is 1. The first-order valence-electron chi connectivity index (χ1n) is 6.30. The van der Waals surface area contributed by atoms with Crippen molar-refractivity contribution in [2.75, 3.05) is 26.7 Å². The van der Waals surface area contributed by atoms with Crippen LogP contribution in [0.5, 0.6) is 0 Å². The molecule has 1 saturated carbocycles. The van der Waals surface area contributed by atoms with E-state index in [0.29, 0.717) is 6.04 Å². The van der Waals surface area contributed by atoms with E-state index in [1.807, 2.05) is 12.6 Å². The van der Waals surface area contributed by atoms with Gasteiger partial charge >= 0.3 is 0 Å². The Labute approximate surface area is 106 Å². The molecule has 4 nitrogen and oxygen atoms in total. The number of rotatable bonds is 4. The van der Waals surface area contributed by atoms with E-state index < -0.39 is 0 Å². The highest BCUT2D eigenvalue weighted by atomic mass is 32.1. The van der Waals surface area contributed by atoms with Crippen LogP contribution in [0.25, 0.3) is 0 Å². The van der Waals surface area contributed by atoms with Crippen LogP contribution in [-0.4, -0.2) is 48.8 Å². The quantitative estimate of drug-likeness (QED) is 0.877. The highest BCUT2D eigenvalue weighted by Gasteiger charge is 2.41. The summed E-state index contributed by atoms with van der Waals surface area (Å²) in [5.74, 6) is 0. The van der Waals surface area contributed by atoms with Gasteiger partial charge in [0.2, 0.25) is 0 Å². The van der Waals surface area contributed by atoms with Crippen LogP contribution in [0.15, 0.2) is 10.9 Å². The summed E-state index contributed by atoms with van der Waals surface area (Å²) in [6, 6.07) is 1.11. The maximum absolute atomic E-state index is 5.92. The van der Waals surface area contributed by atoms with Gasteiger partial charge in [0, 0.05) is 24.5 Å². The molecule has 3 rings (SSSR count). The minimum atomic E-state index is 0.233. The van der Waals surface area contributed by atoms with Crippen molar-refractivity contribution in [2.24, 2.45) is 0 Å². The first kappa shape index (κ1) is 11.6. The molecule has 94 valence electrons. The van der Waals surface area contributed by atoms with Crippen molar-refractivity contribution in [2.45, 2.75) is 31.0 Å². The van der Waals surface area contributed by atoms with Crippen LogP contribution in [-0.2, 0) is 4.74 Å². The van der Waals surface area contributed by atoms with Crippen LogP contribution in [0.1, 0.15) is 24.6 Å². The Bertz CT molecular complexity index is 351. The smallest absolute Gasteiger partial charge is 0.0912 e. The molecule has 1 aromatic rings. The van der Waals surface area contributed by atoms with E-state index in [0.717, 1.165) is 25.7 Å². The zero-order valence-corrected chi connectivity index (χ0v) is 10.9. The highest BCUT2D eigenvalue weighted by Crippen LogP contribution is 2.38. The van der Waals surface area contributed by atoms with Crippen molar-refractivity contribution < 1.29 is 4.74 Å². The molecule has 1 aromatic heterocycles. The lowest BCUT2D eigenvalue weighted by atomic mass is 10.0. The lowest BCUT2D eigenvalue weighted by Gasteiger charge is -2.40. The van der Waals surface area contributed by atoms with E-state index in [2.05, 4.69) is 20.6 Å². The standard InChI is InChI=1S/C12H19N3OS/c1-13-6-11-12(10-7-17-8-14-10)15(4-5-16-11)9-2-3-9/h7-9,11-13H,2-6H2,1H3. The zero-order valence-electron chi connectivity index (χ0n) is 10.1. The molecule has 2 aliphatic rings. The number of hydrogen-bond donors (Lipinski definition) is 1. The second-order valence-electron chi connectivity index (χ2n) is 4.79. The fourth-order valence-electron chi connectivity index (χ4n) is 2.67. The van der Waals surface area contributed by atoms with E-state index in [-0.39, 0.29) is 6.10 Å². The van der Waals surface area contributed by atoms with Gasteiger partial charge in [0.15, 0.2) is 0 Å². The highest BCUT2D eigenvalue weighted by molar-refractivity contribution is 7.07. The normalized spacial score (nSPS) is 30.6. The average molecular weight is 253 g/mol. The lowest BCUT2D eigenvalue weighted by molar-refractivity contribution is -0.0751. The molecule has 2 fully saturated rings. The third-order valence-electron chi connectivity index (χ3n) is 3.57. The molecule has 0 amide bonds. The molecular formula is C12H19N3OS. The Hall–Kier alpha value is -0.490. The summed E-state index contributed by atoms with van der Waals surface area (Å²) in [7, 11) is 1.98. The van der Waals surface area contributed by atoms with Crippen molar-refractivity contribution >= 4 is 11.3 Å². The van der Waals surface area contributed by atoms with Crippen molar-refractivity contribution in [3.63, 3.8) is 0 Å².